The second-order valence-corrected chi connectivity index (χ2v) is 5.71. The van der Waals surface area contributed by atoms with Gasteiger partial charge in [0.15, 0.2) is 5.78 Å². The highest BCUT2D eigenvalue weighted by atomic mass is 16.1. The van der Waals surface area contributed by atoms with E-state index in [-0.39, 0.29) is 5.92 Å². The fourth-order valence-electron chi connectivity index (χ4n) is 4.00. The van der Waals surface area contributed by atoms with E-state index in [1.807, 2.05) is 0 Å². The molecule has 2 aliphatic rings. The third-order valence-electron chi connectivity index (χ3n) is 4.78. The van der Waals surface area contributed by atoms with E-state index in [0.29, 0.717) is 11.7 Å². The summed E-state index contributed by atoms with van der Waals surface area (Å²) in [5.74, 6) is 1.18. The van der Waals surface area contributed by atoms with Crippen molar-refractivity contribution in [1.82, 2.24) is 0 Å². The first-order valence-electron chi connectivity index (χ1n) is 6.84. The second kappa shape index (κ2) is 3.44. The van der Waals surface area contributed by atoms with Gasteiger partial charge in [-0.25, -0.2) is 0 Å². The molecule has 0 unspecified atom stereocenters. The topological polar surface area (TPSA) is 17.1 Å². The van der Waals surface area contributed by atoms with Crippen LogP contribution in [0.5, 0.6) is 0 Å². The van der Waals surface area contributed by atoms with Crippen LogP contribution in [-0.4, -0.2) is 5.78 Å². The maximum Gasteiger partial charge on any atom is 0.166 e. The Balaban J connectivity index is 2.12. The molecule has 2 aliphatic carbocycles. The maximum atomic E-state index is 12.5. The Kier molecular flexibility index (Phi) is 1.97. The lowest BCUT2D eigenvalue weighted by atomic mass is 9.90. The lowest BCUT2D eigenvalue weighted by Gasteiger charge is -2.12. The number of carbonyl (C=O) groups is 1. The van der Waals surface area contributed by atoms with Gasteiger partial charge in [0.2, 0.25) is 0 Å². The Labute approximate surface area is 107 Å². The van der Waals surface area contributed by atoms with Crippen molar-refractivity contribution in [1.29, 1.82) is 0 Å². The minimum atomic E-state index is 0.283. The first-order valence-corrected chi connectivity index (χ1v) is 6.84. The van der Waals surface area contributed by atoms with Crippen molar-refractivity contribution in [2.45, 2.75) is 32.1 Å². The maximum absolute atomic E-state index is 12.5. The summed E-state index contributed by atoms with van der Waals surface area (Å²) >= 11 is 0. The number of ketones is 1. The summed E-state index contributed by atoms with van der Waals surface area (Å²) in [6, 6.07) is 10.7. The minimum absolute atomic E-state index is 0.283. The highest BCUT2D eigenvalue weighted by molar-refractivity contribution is 6.09. The zero-order valence-electron chi connectivity index (χ0n) is 10.6. The average Bonchev–Trinajstić information content (AvgIpc) is 2.94. The Morgan fingerprint density at radius 1 is 1.06 bits per heavy atom. The van der Waals surface area contributed by atoms with Crippen LogP contribution in [0.2, 0.25) is 0 Å². The molecule has 0 heterocycles. The highest BCUT2D eigenvalue weighted by Gasteiger charge is 2.43. The monoisotopic (exact) mass is 236 g/mol. The van der Waals surface area contributed by atoms with Gasteiger partial charge < -0.3 is 0 Å². The van der Waals surface area contributed by atoms with E-state index >= 15 is 0 Å². The fourth-order valence-corrected chi connectivity index (χ4v) is 4.00. The van der Waals surface area contributed by atoms with Gasteiger partial charge in [0.1, 0.15) is 0 Å². The first kappa shape index (κ1) is 10.3. The van der Waals surface area contributed by atoms with Gasteiger partial charge in [-0.3, -0.25) is 4.79 Å². The van der Waals surface area contributed by atoms with Gasteiger partial charge in [-0.05, 0) is 53.6 Å². The predicted octanol–water partition coefficient (Wildman–Crippen LogP) is 4.23. The Morgan fingerprint density at radius 3 is 2.61 bits per heavy atom. The van der Waals surface area contributed by atoms with Gasteiger partial charge in [-0.2, -0.15) is 0 Å². The number of hydrogen-bond acceptors (Lipinski definition) is 1. The van der Waals surface area contributed by atoms with Crippen LogP contribution in [0.25, 0.3) is 10.8 Å². The molecule has 0 saturated heterocycles. The summed E-state index contributed by atoms with van der Waals surface area (Å²) < 4.78 is 0. The standard InChI is InChI=1S/C17H16O/c1-10-9-15-16(12-6-3-2-5-11(10)12)13-7-4-8-14(13)17(15)18/h2-3,5-6,9,13-14H,4,7-8H2,1H3/t13-,14+/m0/s1. The van der Waals surface area contributed by atoms with Crippen LogP contribution in [-0.2, 0) is 0 Å². The molecule has 0 amide bonds. The average molecular weight is 236 g/mol. The zero-order valence-corrected chi connectivity index (χ0v) is 10.6. The van der Waals surface area contributed by atoms with Crippen molar-refractivity contribution in [2.75, 3.05) is 0 Å². The molecular weight excluding hydrogens is 220 g/mol. The summed E-state index contributed by atoms with van der Waals surface area (Å²) in [4.78, 5) is 12.5. The molecule has 1 saturated carbocycles. The molecule has 2 aromatic carbocycles. The third kappa shape index (κ3) is 1.14. The number of fused-ring (bicyclic) bond motifs is 5. The number of carbonyl (C=O) groups excluding carboxylic acids is 1. The minimum Gasteiger partial charge on any atom is -0.294 e. The van der Waals surface area contributed by atoms with Crippen LogP contribution in [0.3, 0.4) is 0 Å². The van der Waals surface area contributed by atoms with E-state index in [0.717, 1.165) is 12.0 Å². The Hall–Kier alpha value is -1.63. The molecule has 1 heteroatoms. The van der Waals surface area contributed by atoms with E-state index in [4.69, 9.17) is 0 Å². The molecule has 90 valence electrons. The van der Waals surface area contributed by atoms with Gasteiger partial charge in [-0.1, -0.05) is 30.7 Å². The smallest absolute Gasteiger partial charge is 0.166 e. The molecule has 2 aromatic rings. The van der Waals surface area contributed by atoms with Crippen molar-refractivity contribution in [3.63, 3.8) is 0 Å². The predicted molar refractivity (Wildman–Crippen MR) is 73.1 cm³/mol. The van der Waals surface area contributed by atoms with Crippen molar-refractivity contribution in [3.8, 4) is 0 Å². The zero-order chi connectivity index (χ0) is 12.3. The molecule has 4 rings (SSSR count). The quantitative estimate of drug-likeness (QED) is 0.669. The molecule has 1 nitrogen and oxygen atoms in total. The second-order valence-electron chi connectivity index (χ2n) is 5.71. The highest BCUT2D eigenvalue weighted by Crippen LogP contribution is 2.50. The van der Waals surface area contributed by atoms with Gasteiger partial charge in [0, 0.05) is 11.5 Å². The summed E-state index contributed by atoms with van der Waals surface area (Å²) in [5.41, 5.74) is 3.60. The van der Waals surface area contributed by atoms with Gasteiger partial charge in [-0.15, -0.1) is 0 Å². The molecule has 0 bridgehead atoms. The molecule has 0 aromatic heterocycles. The van der Waals surface area contributed by atoms with E-state index in [1.165, 1.54) is 34.7 Å². The molecule has 0 radical (unpaired) electrons. The number of hydrogen-bond donors (Lipinski definition) is 0. The Morgan fingerprint density at radius 2 is 1.78 bits per heavy atom. The van der Waals surface area contributed by atoms with Crippen molar-refractivity contribution in [3.05, 3.63) is 47.0 Å². The normalized spacial score (nSPS) is 25.5. The van der Waals surface area contributed by atoms with Crippen molar-refractivity contribution >= 4 is 16.6 Å². The molecule has 2 atom stereocenters. The van der Waals surface area contributed by atoms with Crippen molar-refractivity contribution in [2.24, 2.45) is 5.92 Å². The van der Waals surface area contributed by atoms with Gasteiger partial charge in [0.05, 0.1) is 0 Å². The number of benzene rings is 2. The summed E-state index contributed by atoms with van der Waals surface area (Å²) in [7, 11) is 0. The number of Topliss-reactive ketones (excluding diaryl/α,β-unsaturated/α-hetero) is 1. The van der Waals surface area contributed by atoms with Crippen LogP contribution in [0.1, 0.15) is 46.7 Å². The summed E-state index contributed by atoms with van der Waals surface area (Å²) in [6.07, 6.45) is 3.49. The van der Waals surface area contributed by atoms with Crippen LogP contribution in [0.15, 0.2) is 30.3 Å². The lowest BCUT2D eigenvalue weighted by molar-refractivity contribution is 0.0932. The molecule has 0 N–H and O–H groups in total. The molecular formula is C17H16O. The van der Waals surface area contributed by atoms with E-state index in [1.54, 1.807) is 0 Å². The largest absolute Gasteiger partial charge is 0.294 e. The number of aryl methyl sites for hydroxylation is 1. The first-order chi connectivity index (χ1) is 8.77. The lowest BCUT2D eigenvalue weighted by Crippen LogP contribution is -2.06. The van der Waals surface area contributed by atoms with Gasteiger partial charge in [0.25, 0.3) is 0 Å². The number of rotatable bonds is 0. The van der Waals surface area contributed by atoms with Crippen LogP contribution in [0.4, 0.5) is 0 Å². The summed E-state index contributed by atoms with van der Waals surface area (Å²) in [5, 5.41) is 2.63. The molecule has 18 heavy (non-hydrogen) atoms. The van der Waals surface area contributed by atoms with Crippen LogP contribution < -0.4 is 0 Å². The van der Waals surface area contributed by atoms with Crippen LogP contribution in [0, 0.1) is 12.8 Å². The van der Waals surface area contributed by atoms with Crippen LogP contribution >= 0.6 is 0 Å². The fraction of sp³-hybridized carbons (Fsp3) is 0.353. The molecule has 1 fully saturated rings. The summed E-state index contributed by atoms with van der Waals surface area (Å²) in [6.45, 7) is 2.12. The van der Waals surface area contributed by atoms with E-state index in [2.05, 4.69) is 37.3 Å². The van der Waals surface area contributed by atoms with E-state index < -0.39 is 0 Å². The van der Waals surface area contributed by atoms with Gasteiger partial charge >= 0.3 is 0 Å². The van der Waals surface area contributed by atoms with E-state index in [9.17, 15) is 4.79 Å². The third-order valence-corrected chi connectivity index (χ3v) is 4.78. The SMILES string of the molecule is Cc1cc2c(c3ccccc13)[C@H]1CCC[C@H]1C2=O. The van der Waals surface area contributed by atoms with Crippen molar-refractivity contribution < 1.29 is 4.79 Å². The molecule has 0 aliphatic heterocycles. The Bertz CT molecular complexity index is 669. The molecule has 0 spiro atoms.